The van der Waals surface area contributed by atoms with Crippen LogP contribution in [0, 0.1) is 20.8 Å². The molecule has 4 rings (SSSR count). The van der Waals surface area contributed by atoms with Crippen molar-refractivity contribution in [2.24, 2.45) is 0 Å². The molecule has 12 heteroatoms. The first-order valence-electron chi connectivity index (χ1n) is 13.4. The molecule has 0 bridgehead atoms. The first kappa shape index (κ1) is 32.8. The number of rotatable bonds is 12. The second-order valence-corrected chi connectivity index (χ2v) is 14.3. The Kier molecular flexibility index (Phi) is 9.87. The van der Waals surface area contributed by atoms with E-state index >= 15 is 0 Å². The lowest BCUT2D eigenvalue weighted by atomic mass is 10.0. The third kappa shape index (κ3) is 7.87. The Morgan fingerprint density at radius 3 is 2.02 bits per heavy atom. The number of carbonyl (C=O) groups is 1. The number of aryl methyl sites for hydroxylation is 3. The Labute approximate surface area is 255 Å². The van der Waals surface area contributed by atoms with Gasteiger partial charge in [-0.3, -0.25) is 4.79 Å². The van der Waals surface area contributed by atoms with E-state index in [0.717, 1.165) is 5.56 Å². The maximum absolute atomic E-state index is 14.1. The molecule has 0 aliphatic carbocycles. The fourth-order valence-electron chi connectivity index (χ4n) is 5.07. The summed E-state index contributed by atoms with van der Waals surface area (Å²) in [4.78, 5) is 11.0. The predicted molar refractivity (Wildman–Crippen MR) is 162 cm³/mol. The third-order valence-electron chi connectivity index (χ3n) is 6.84. The van der Waals surface area contributed by atoms with E-state index in [2.05, 4.69) is 4.74 Å². The monoisotopic (exact) mass is 643 g/mol. The molecule has 0 aliphatic rings. The van der Waals surface area contributed by atoms with Crippen LogP contribution in [0.15, 0.2) is 94.7 Å². The smallest absolute Gasteiger partial charge is 0.387 e. The van der Waals surface area contributed by atoms with E-state index in [1.165, 1.54) is 40.7 Å². The Bertz CT molecular complexity index is 1870. The summed E-state index contributed by atoms with van der Waals surface area (Å²) in [7, 11) is -8.11. The minimum absolute atomic E-state index is 0.0532. The van der Waals surface area contributed by atoms with Crippen molar-refractivity contribution in [3.63, 3.8) is 0 Å². The van der Waals surface area contributed by atoms with Crippen molar-refractivity contribution < 1.29 is 40.3 Å². The van der Waals surface area contributed by atoms with E-state index in [4.69, 9.17) is 5.11 Å². The molecule has 232 valence electrons. The number of carboxylic acids is 1. The molecule has 4 aromatic carbocycles. The van der Waals surface area contributed by atoms with E-state index in [-0.39, 0.29) is 28.6 Å². The zero-order valence-electron chi connectivity index (χ0n) is 24.2. The highest BCUT2D eigenvalue weighted by Crippen LogP contribution is 2.30. The normalized spacial score (nSPS) is 12.1. The zero-order chi connectivity index (χ0) is 32.2. The lowest BCUT2D eigenvalue weighted by Gasteiger charge is -2.25. The van der Waals surface area contributed by atoms with Crippen LogP contribution >= 0.6 is 0 Å². The minimum Gasteiger partial charge on any atom is -0.480 e. The maximum atomic E-state index is 14.1. The summed E-state index contributed by atoms with van der Waals surface area (Å²) in [6.45, 7) is 2.12. The average Bonchev–Trinajstić information content (AvgIpc) is 2.91. The van der Waals surface area contributed by atoms with Gasteiger partial charge in [-0.05, 0) is 78.4 Å². The minimum atomic E-state index is -4.08. The zero-order valence-corrected chi connectivity index (χ0v) is 25.8. The van der Waals surface area contributed by atoms with Gasteiger partial charge in [-0.25, -0.2) is 16.8 Å². The van der Waals surface area contributed by atoms with Gasteiger partial charge in [0.1, 0.15) is 5.75 Å². The summed E-state index contributed by atoms with van der Waals surface area (Å²) in [6.07, 6.45) is 0. The maximum Gasteiger partial charge on any atom is 0.387 e. The second kappa shape index (κ2) is 13.2. The number of halogens is 2. The summed E-state index contributed by atoms with van der Waals surface area (Å²) < 4.78 is 84.5. The van der Waals surface area contributed by atoms with Gasteiger partial charge in [0.15, 0.2) is 15.6 Å². The molecular weight excluding hydrogens is 612 g/mol. The van der Waals surface area contributed by atoms with E-state index in [1.807, 2.05) is 6.92 Å². The Morgan fingerprint density at radius 1 is 0.795 bits per heavy atom. The standard InChI is InChI=1S/C32H31F2NO7S2/c1-21-14-22(2)31(23(3)15-21)44(40,41)35(19-25-6-4-8-28(16-25)42-32(33)34)18-24-10-12-26(13-11-24)27-7-5-9-29(17-27)43(38,39)20-30(36)37/h4-17,32H,18-20H2,1-3H3,(H,36,37). The number of ether oxygens (including phenoxy) is 1. The van der Waals surface area contributed by atoms with Crippen LogP contribution in [0.2, 0.25) is 0 Å². The third-order valence-corrected chi connectivity index (χ3v) is 10.5. The lowest BCUT2D eigenvalue weighted by Crippen LogP contribution is -2.31. The highest BCUT2D eigenvalue weighted by molar-refractivity contribution is 7.92. The van der Waals surface area contributed by atoms with Gasteiger partial charge in [-0.1, -0.05) is 66.2 Å². The number of sulfone groups is 1. The van der Waals surface area contributed by atoms with E-state index in [0.29, 0.717) is 33.4 Å². The van der Waals surface area contributed by atoms with Gasteiger partial charge < -0.3 is 9.84 Å². The summed E-state index contributed by atoms with van der Waals surface area (Å²) in [5.41, 5.74) is 4.31. The molecule has 8 nitrogen and oxygen atoms in total. The Hall–Kier alpha value is -4.13. The van der Waals surface area contributed by atoms with Crippen LogP contribution < -0.4 is 4.74 Å². The first-order chi connectivity index (χ1) is 20.7. The number of alkyl halides is 2. The second-order valence-electron chi connectivity index (χ2n) is 10.4. The predicted octanol–water partition coefficient (Wildman–Crippen LogP) is 6.13. The van der Waals surface area contributed by atoms with Crippen molar-refractivity contribution in [3.05, 3.63) is 113 Å². The number of benzene rings is 4. The molecule has 0 aromatic heterocycles. The fraction of sp³-hybridized carbons (Fsp3) is 0.219. The van der Waals surface area contributed by atoms with Crippen molar-refractivity contribution in [1.29, 1.82) is 0 Å². The van der Waals surface area contributed by atoms with Gasteiger partial charge in [0.2, 0.25) is 10.0 Å². The van der Waals surface area contributed by atoms with Crippen molar-refractivity contribution >= 4 is 25.8 Å². The van der Waals surface area contributed by atoms with Crippen LogP contribution in [0.25, 0.3) is 11.1 Å². The summed E-state index contributed by atoms with van der Waals surface area (Å²) in [5.74, 6) is -2.57. The van der Waals surface area contributed by atoms with Crippen molar-refractivity contribution in [1.82, 2.24) is 4.31 Å². The van der Waals surface area contributed by atoms with Gasteiger partial charge >= 0.3 is 12.6 Å². The highest BCUT2D eigenvalue weighted by Gasteiger charge is 2.29. The summed E-state index contributed by atoms with van der Waals surface area (Å²) >= 11 is 0. The molecule has 4 aromatic rings. The molecule has 1 N–H and O–H groups in total. The molecule has 0 radical (unpaired) electrons. The van der Waals surface area contributed by atoms with E-state index < -0.39 is 38.2 Å². The summed E-state index contributed by atoms with van der Waals surface area (Å²) in [6, 6.07) is 22.2. The largest absolute Gasteiger partial charge is 0.480 e. The molecule has 0 saturated heterocycles. The number of hydrogen-bond acceptors (Lipinski definition) is 6. The SMILES string of the molecule is Cc1cc(C)c(S(=O)(=O)N(Cc2ccc(-c3cccc(S(=O)(=O)CC(=O)O)c3)cc2)Cc2cccc(OC(F)F)c2)c(C)c1. The molecule has 0 atom stereocenters. The van der Waals surface area contributed by atoms with Crippen LogP contribution in [0.5, 0.6) is 5.75 Å². The Balaban J connectivity index is 1.69. The number of carboxylic acid groups (broad SMARTS) is 1. The van der Waals surface area contributed by atoms with Crippen molar-refractivity contribution in [2.75, 3.05) is 5.75 Å². The van der Waals surface area contributed by atoms with Crippen molar-refractivity contribution in [3.8, 4) is 16.9 Å². The number of hydrogen-bond donors (Lipinski definition) is 1. The van der Waals surface area contributed by atoms with Gasteiger partial charge in [0.25, 0.3) is 0 Å². The van der Waals surface area contributed by atoms with E-state index in [9.17, 15) is 30.4 Å². The van der Waals surface area contributed by atoms with Gasteiger partial charge in [-0.2, -0.15) is 13.1 Å². The van der Waals surface area contributed by atoms with Gasteiger partial charge in [0, 0.05) is 13.1 Å². The van der Waals surface area contributed by atoms with Crippen LogP contribution in [0.1, 0.15) is 27.8 Å². The fourth-order valence-corrected chi connectivity index (χ4v) is 7.99. The quantitative estimate of drug-likeness (QED) is 0.197. The van der Waals surface area contributed by atoms with E-state index in [1.54, 1.807) is 62.4 Å². The molecule has 0 aliphatic heterocycles. The molecule has 0 fully saturated rings. The Morgan fingerprint density at radius 2 is 1.41 bits per heavy atom. The molecule has 44 heavy (non-hydrogen) atoms. The molecule has 0 saturated carbocycles. The molecule has 0 spiro atoms. The van der Waals surface area contributed by atoms with Crippen LogP contribution in [0.4, 0.5) is 8.78 Å². The molecule has 0 heterocycles. The lowest BCUT2D eigenvalue weighted by molar-refractivity contribution is -0.134. The average molecular weight is 644 g/mol. The van der Waals surface area contributed by atoms with Gasteiger partial charge in [0.05, 0.1) is 9.79 Å². The molecular formula is C32H31F2NO7S2. The van der Waals surface area contributed by atoms with Crippen molar-refractivity contribution in [2.45, 2.75) is 50.3 Å². The number of aliphatic carboxylic acids is 1. The van der Waals surface area contributed by atoms with Crippen LogP contribution in [-0.4, -0.2) is 44.6 Å². The first-order valence-corrected chi connectivity index (χ1v) is 16.5. The van der Waals surface area contributed by atoms with Crippen LogP contribution in [-0.2, 0) is 37.7 Å². The number of sulfonamides is 1. The topological polar surface area (TPSA) is 118 Å². The summed E-state index contributed by atoms with van der Waals surface area (Å²) in [5, 5.41) is 8.95. The molecule has 0 amide bonds. The highest BCUT2D eigenvalue weighted by atomic mass is 32.2. The number of nitrogens with zero attached hydrogens (tertiary/aromatic N) is 1. The van der Waals surface area contributed by atoms with Crippen LogP contribution in [0.3, 0.4) is 0 Å². The van der Waals surface area contributed by atoms with Gasteiger partial charge in [-0.15, -0.1) is 0 Å². The molecule has 0 unspecified atom stereocenters.